The molecule has 0 saturated carbocycles. The zero-order valence-corrected chi connectivity index (χ0v) is 12.8. The minimum Gasteiger partial charge on any atom is -0.493 e. The normalized spacial score (nSPS) is 14.5. The maximum atomic E-state index is 5.66. The summed E-state index contributed by atoms with van der Waals surface area (Å²) in [6.45, 7) is 3.95. The van der Waals surface area contributed by atoms with Gasteiger partial charge in [0, 0.05) is 25.0 Å². The third-order valence-corrected chi connectivity index (χ3v) is 3.68. The van der Waals surface area contributed by atoms with Gasteiger partial charge in [0.05, 0.1) is 7.11 Å². The summed E-state index contributed by atoms with van der Waals surface area (Å²) in [6.07, 6.45) is 3.66. The maximum Gasteiger partial charge on any atom is 0.203 e. The predicted octanol–water partition coefficient (Wildman–Crippen LogP) is 2.71. The van der Waals surface area contributed by atoms with Gasteiger partial charge in [-0.15, -0.1) is 0 Å². The van der Waals surface area contributed by atoms with Gasteiger partial charge in [-0.25, -0.2) is 0 Å². The zero-order chi connectivity index (χ0) is 15.4. The summed E-state index contributed by atoms with van der Waals surface area (Å²) in [4.78, 5) is 4.15. The Balaban J connectivity index is 1.73. The van der Waals surface area contributed by atoms with Crippen LogP contribution in [0.5, 0.6) is 17.2 Å². The summed E-state index contributed by atoms with van der Waals surface area (Å²) >= 11 is 0. The lowest BCUT2D eigenvalue weighted by atomic mass is 10.1. The van der Waals surface area contributed by atoms with E-state index >= 15 is 0 Å². The largest absolute Gasteiger partial charge is 0.493 e. The molecule has 0 saturated heterocycles. The van der Waals surface area contributed by atoms with E-state index in [4.69, 9.17) is 14.2 Å². The van der Waals surface area contributed by atoms with E-state index in [0.29, 0.717) is 31.3 Å². The van der Waals surface area contributed by atoms with Gasteiger partial charge in [-0.2, -0.15) is 0 Å². The number of ether oxygens (including phenoxy) is 3. The number of methoxy groups -OCH3 is 1. The number of pyridine rings is 1. The lowest BCUT2D eigenvalue weighted by Crippen LogP contribution is -2.19. The van der Waals surface area contributed by atoms with Crippen molar-refractivity contribution in [1.29, 1.82) is 0 Å². The quantitative estimate of drug-likeness (QED) is 0.920. The molecule has 2 aromatic rings. The second-order valence-corrected chi connectivity index (χ2v) is 5.21. The van der Waals surface area contributed by atoms with Gasteiger partial charge in [0.15, 0.2) is 11.5 Å². The van der Waals surface area contributed by atoms with E-state index in [0.717, 1.165) is 16.9 Å². The topological polar surface area (TPSA) is 52.6 Å². The number of hydrogen-bond donors (Lipinski definition) is 1. The van der Waals surface area contributed by atoms with Gasteiger partial charge in [0.25, 0.3) is 0 Å². The molecule has 0 spiro atoms. The average molecular weight is 300 g/mol. The molecule has 0 radical (unpaired) electrons. The number of nitrogens with one attached hydrogen (secondary N) is 1. The second kappa shape index (κ2) is 6.66. The number of hydrogen-bond acceptors (Lipinski definition) is 5. The van der Waals surface area contributed by atoms with Crippen LogP contribution in [0.15, 0.2) is 36.7 Å². The Morgan fingerprint density at radius 3 is 2.95 bits per heavy atom. The van der Waals surface area contributed by atoms with Crippen molar-refractivity contribution in [2.45, 2.75) is 19.5 Å². The van der Waals surface area contributed by atoms with Crippen molar-refractivity contribution in [3.8, 4) is 17.2 Å². The van der Waals surface area contributed by atoms with Gasteiger partial charge in [-0.1, -0.05) is 6.07 Å². The molecular formula is C17H20N2O3. The lowest BCUT2D eigenvalue weighted by Gasteiger charge is -2.22. The molecule has 1 aliphatic heterocycles. The van der Waals surface area contributed by atoms with Gasteiger partial charge in [-0.05, 0) is 36.2 Å². The first kappa shape index (κ1) is 14.7. The molecule has 116 valence electrons. The molecule has 5 heteroatoms. The second-order valence-electron chi connectivity index (χ2n) is 5.21. The fraction of sp³-hybridized carbons (Fsp3) is 0.353. The van der Waals surface area contributed by atoms with Crippen molar-refractivity contribution in [2.75, 3.05) is 20.3 Å². The van der Waals surface area contributed by atoms with Crippen molar-refractivity contribution in [3.05, 3.63) is 47.8 Å². The maximum absolute atomic E-state index is 5.66. The summed E-state index contributed by atoms with van der Waals surface area (Å²) in [7, 11) is 1.64. The van der Waals surface area contributed by atoms with Crippen LogP contribution in [0.2, 0.25) is 0 Å². The molecule has 3 rings (SSSR count). The fourth-order valence-electron chi connectivity index (χ4n) is 2.45. The van der Waals surface area contributed by atoms with E-state index < -0.39 is 0 Å². The molecule has 1 N–H and O–H groups in total. The predicted molar refractivity (Wildman–Crippen MR) is 83.5 cm³/mol. The monoisotopic (exact) mass is 300 g/mol. The van der Waals surface area contributed by atoms with Crippen molar-refractivity contribution >= 4 is 0 Å². The van der Waals surface area contributed by atoms with Gasteiger partial charge >= 0.3 is 0 Å². The van der Waals surface area contributed by atoms with Crippen LogP contribution in [0.25, 0.3) is 0 Å². The summed E-state index contributed by atoms with van der Waals surface area (Å²) in [5.41, 5.74) is 2.25. The first-order valence-electron chi connectivity index (χ1n) is 7.37. The average Bonchev–Trinajstić information content (AvgIpc) is 2.59. The van der Waals surface area contributed by atoms with Crippen LogP contribution in [0, 0.1) is 0 Å². The standard InChI is InChI=1S/C17H20N2O3/c1-12(14-4-3-5-18-11-14)19-10-13-8-15(20-2)17-16(9-13)21-6-7-22-17/h3-5,8-9,11-12,19H,6-7,10H2,1-2H3. The van der Waals surface area contributed by atoms with Gasteiger partial charge in [0.2, 0.25) is 5.75 Å². The van der Waals surface area contributed by atoms with E-state index in [9.17, 15) is 0 Å². The minimum absolute atomic E-state index is 0.216. The Morgan fingerprint density at radius 1 is 1.32 bits per heavy atom. The Labute approximate surface area is 130 Å². The van der Waals surface area contributed by atoms with Crippen LogP contribution in [-0.4, -0.2) is 25.3 Å². The number of benzene rings is 1. The molecule has 0 bridgehead atoms. The first-order chi connectivity index (χ1) is 10.8. The Hall–Kier alpha value is -2.27. The highest BCUT2D eigenvalue weighted by Crippen LogP contribution is 2.40. The minimum atomic E-state index is 0.216. The number of aromatic nitrogens is 1. The fourth-order valence-corrected chi connectivity index (χ4v) is 2.45. The van der Waals surface area contributed by atoms with Gasteiger partial charge in [0.1, 0.15) is 13.2 Å². The van der Waals surface area contributed by atoms with E-state index in [1.165, 1.54) is 0 Å². The van der Waals surface area contributed by atoms with Crippen molar-refractivity contribution in [3.63, 3.8) is 0 Å². The van der Waals surface area contributed by atoms with Crippen molar-refractivity contribution in [2.24, 2.45) is 0 Å². The Morgan fingerprint density at radius 2 is 2.18 bits per heavy atom. The number of nitrogens with zero attached hydrogens (tertiary/aromatic N) is 1. The molecule has 0 aliphatic carbocycles. The van der Waals surface area contributed by atoms with Crippen LogP contribution in [0.4, 0.5) is 0 Å². The summed E-state index contributed by atoms with van der Waals surface area (Å²) in [5, 5.41) is 3.48. The summed E-state index contributed by atoms with van der Waals surface area (Å²) < 4.78 is 16.7. The van der Waals surface area contributed by atoms with Crippen LogP contribution >= 0.6 is 0 Å². The summed E-state index contributed by atoms with van der Waals surface area (Å²) in [6, 6.07) is 8.21. The molecule has 1 aromatic heterocycles. The summed E-state index contributed by atoms with van der Waals surface area (Å²) in [5.74, 6) is 2.15. The Bertz CT molecular complexity index is 614. The van der Waals surface area contributed by atoms with E-state index in [-0.39, 0.29) is 6.04 Å². The van der Waals surface area contributed by atoms with Crippen LogP contribution in [0.1, 0.15) is 24.1 Å². The number of fused-ring (bicyclic) bond motifs is 1. The third-order valence-electron chi connectivity index (χ3n) is 3.68. The molecule has 2 heterocycles. The smallest absolute Gasteiger partial charge is 0.203 e. The van der Waals surface area contributed by atoms with E-state index in [1.54, 1.807) is 13.3 Å². The molecule has 22 heavy (non-hydrogen) atoms. The number of rotatable bonds is 5. The molecule has 0 fully saturated rings. The molecule has 1 unspecified atom stereocenters. The molecule has 1 aliphatic rings. The highest BCUT2D eigenvalue weighted by atomic mass is 16.6. The molecule has 1 atom stereocenters. The molecule has 1 aromatic carbocycles. The van der Waals surface area contributed by atoms with E-state index in [1.807, 2.05) is 24.4 Å². The van der Waals surface area contributed by atoms with Crippen molar-refractivity contribution < 1.29 is 14.2 Å². The van der Waals surface area contributed by atoms with Gasteiger partial charge in [-0.3, -0.25) is 4.98 Å². The molecule has 5 nitrogen and oxygen atoms in total. The SMILES string of the molecule is COc1cc(CNC(C)c2cccnc2)cc2c1OCCO2. The highest BCUT2D eigenvalue weighted by molar-refractivity contribution is 5.54. The van der Waals surface area contributed by atoms with Crippen LogP contribution in [-0.2, 0) is 6.54 Å². The van der Waals surface area contributed by atoms with Crippen LogP contribution in [0.3, 0.4) is 0 Å². The zero-order valence-electron chi connectivity index (χ0n) is 12.8. The highest BCUT2D eigenvalue weighted by Gasteiger charge is 2.18. The Kier molecular flexibility index (Phi) is 4.44. The third kappa shape index (κ3) is 3.14. The lowest BCUT2D eigenvalue weighted by molar-refractivity contribution is 0.165. The van der Waals surface area contributed by atoms with E-state index in [2.05, 4.69) is 23.3 Å². The van der Waals surface area contributed by atoms with Crippen LogP contribution < -0.4 is 19.5 Å². The van der Waals surface area contributed by atoms with Crippen molar-refractivity contribution in [1.82, 2.24) is 10.3 Å². The van der Waals surface area contributed by atoms with Gasteiger partial charge < -0.3 is 19.5 Å². The molecule has 0 amide bonds. The molecular weight excluding hydrogens is 280 g/mol. The first-order valence-corrected chi connectivity index (χ1v) is 7.37.